The molecule has 5 rings (SSSR count). The van der Waals surface area contributed by atoms with E-state index in [9.17, 15) is 22.4 Å². The fourth-order valence-corrected chi connectivity index (χ4v) is 4.25. The lowest BCUT2D eigenvalue weighted by Gasteiger charge is -2.28. The van der Waals surface area contributed by atoms with Gasteiger partial charge in [0, 0.05) is 30.8 Å². The number of imidazole rings is 1. The Labute approximate surface area is 205 Å². The molecule has 1 amide bonds. The number of aryl methyl sites for hydroxylation is 1. The lowest BCUT2D eigenvalue weighted by molar-refractivity contribution is -0.132. The van der Waals surface area contributed by atoms with Crippen LogP contribution in [0.3, 0.4) is 0 Å². The van der Waals surface area contributed by atoms with Crippen LogP contribution in [0, 0.1) is 23.3 Å². The number of halogens is 4. The third-order valence-electron chi connectivity index (χ3n) is 6.16. The van der Waals surface area contributed by atoms with Gasteiger partial charge in [-0.15, -0.1) is 0 Å². The van der Waals surface area contributed by atoms with Crippen molar-refractivity contribution in [2.24, 2.45) is 0 Å². The minimum absolute atomic E-state index is 0.120. The van der Waals surface area contributed by atoms with Gasteiger partial charge in [0.05, 0.1) is 6.54 Å². The van der Waals surface area contributed by atoms with Gasteiger partial charge in [-0.05, 0) is 72.6 Å². The Balaban J connectivity index is 1.38. The van der Waals surface area contributed by atoms with Gasteiger partial charge in [-0.1, -0.05) is 6.07 Å². The molecule has 1 N–H and O–H groups in total. The molecule has 1 aromatic heterocycles. The lowest BCUT2D eigenvalue weighted by Crippen LogP contribution is -2.38. The maximum atomic E-state index is 13.5. The van der Waals surface area contributed by atoms with Crippen molar-refractivity contribution in [1.82, 2.24) is 14.5 Å². The van der Waals surface area contributed by atoms with Crippen LogP contribution in [-0.2, 0) is 24.3 Å². The number of rotatable bonds is 6. The Morgan fingerprint density at radius 3 is 2.25 bits per heavy atom. The molecule has 0 saturated heterocycles. The van der Waals surface area contributed by atoms with Crippen LogP contribution in [0.4, 0.5) is 29.1 Å². The monoisotopic (exact) mass is 494 g/mol. The summed E-state index contributed by atoms with van der Waals surface area (Å²) >= 11 is 0. The highest BCUT2D eigenvalue weighted by atomic mass is 19.2. The van der Waals surface area contributed by atoms with Gasteiger partial charge in [-0.2, -0.15) is 0 Å². The highest BCUT2D eigenvalue weighted by Gasteiger charge is 2.27. The number of amides is 1. The van der Waals surface area contributed by atoms with Crippen LogP contribution >= 0.6 is 0 Å². The number of benzene rings is 3. The Kier molecular flexibility index (Phi) is 6.45. The van der Waals surface area contributed by atoms with E-state index in [-0.39, 0.29) is 30.5 Å². The van der Waals surface area contributed by atoms with Crippen molar-refractivity contribution in [3.8, 4) is 11.3 Å². The number of nitrogens with one attached hydrogen (secondary N) is 1. The number of carbonyl (C=O) groups excluding carboxylic acids is 1. The molecular formula is C27H22F4N4O. The zero-order valence-corrected chi connectivity index (χ0v) is 19.1. The molecule has 0 fully saturated rings. The summed E-state index contributed by atoms with van der Waals surface area (Å²) in [6.45, 7) is 1.15. The standard InChI is InChI=1S/C27H22F4N4O/c28-19-5-3-18(4-6-19)26-27(32-21-9-7-20(29)8-10-21)35-14-13-34(16-24(35)33-26)25(36)12-2-17-1-11-22(30)23(31)15-17/h1,3-11,15,32H,2,12-14,16H2. The second-order valence-corrected chi connectivity index (χ2v) is 8.58. The molecule has 0 bridgehead atoms. The quantitative estimate of drug-likeness (QED) is 0.344. The zero-order chi connectivity index (χ0) is 25.2. The van der Waals surface area contributed by atoms with Crippen LogP contribution in [0.2, 0.25) is 0 Å². The van der Waals surface area contributed by atoms with Crippen molar-refractivity contribution < 1.29 is 22.4 Å². The van der Waals surface area contributed by atoms with Crippen molar-refractivity contribution >= 4 is 17.4 Å². The summed E-state index contributed by atoms with van der Waals surface area (Å²) in [6.07, 6.45) is 0.441. The molecule has 9 heteroatoms. The Morgan fingerprint density at radius 1 is 0.861 bits per heavy atom. The summed E-state index contributed by atoms with van der Waals surface area (Å²) < 4.78 is 55.5. The van der Waals surface area contributed by atoms with E-state index in [2.05, 4.69) is 5.32 Å². The van der Waals surface area contributed by atoms with E-state index >= 15 is 0 Å². The summed E-state index contributed by atoms with van der Waals surface area (Å²) in [4.78, 5) is 19.3. The third kappa shape index (κ3) is 4.95. The average molecular weight is 494 g/mol. The van der Waals surface area contributed by atoms with Gasteiger partial charge in [0.25, 0.3) is 0 Å². The molecule has 0 atom stereocenters. The maximum Gasteiger partial charge on any atom is 0.223 e. The van der Waals surface area contributed by atoms with Gasteiger partial charge >= 0.3 is 0 Å². The highest BCUT2D eigenvalue weighted by molar-refractivity contribution is 5.78. The first kappa shape index (κ1) is 23.6. The fraction of sp³-hybridized carbons (Fsp3) is 0.185. The number of aromatic nitrogens is 2. The molecule has 184 valence electrons. The molecule has 0 radical (unpaired) electrons. The number of nitrogens with zero attached hydrogens (tertiary/aromatic N) is 3. The van der Waals surface area contributed by atoms with Gasteiger partial charge in [0.2, 0.25) is 5.91 Å². The maximum absolute atomic E-state index is 13.5. The number of carbonyl (C=O) groups is 1. The molecule has 3 aromatic carbocycles. The molecule has 0 unspecified atom stereocenters. The summed E-state index contributed by atoms with van der Waals surface area (Å²) in [6, 6.07) is 15.5. The predicted octanol–water partition coefficient (Wildman–Crippen LogP) is 5.83. The van der Waals surface area contributed by atoms with Crippen molar-refractivity contribution in [3.63, 3.8) is 0 Å². The molecule has 0 aliphatic carbocycles. The minimum Gasteiger partial charge on any atom is -0.340 e. The average Bonchev–Trinajstić information content (AvgIpc) is 3.23. The van der Waals surface area contributed by atoms with Gasteiger partial charge in [0.1, 0.15) is 29.0 Å². The Bertz CT molecular complexity index is 1400. The normalized spacial score (nSPS) is 12.9. The van der Waals surface area contributed by atoms with Gasteiger partial charge in [-0.3, -0.25) is 4.79 Å². The molecule has 0 spiro atoms. The second-order valence-electron chi connectivity index (χ2n) is 8.58. The number of hydrogen-bond donors (Lipinski definition) is 1. The van der Waals surface area contributed by atoms with Crippen molar-refractivity contribution in [3.05, 3.63) is 101 Å². The lowest BCUT2D eigenvalue weighted by atomic mass is 10.1. The Hall–Kier alpha value is -4.14. The minimum atomic E-state index is -0.936. The molecule has 1 aliphatic rings. The van der Waals surface area contributed by atoms with Crippen molar-refractivity contribution in [2.45, 2.75) is 25.9 Å². The van der Waals surface area contributed by atoms with Crippen LogP contribution in [0.5, 0.6) is 0 Å². The second kappa shape index (κ2) is 9.85. The SMILES string of the molecule is O=C(CCc1ccc(F)c(F)c1)N1CCn2c(nc(-c3ccc(F)cc3)c2Nc2ccc(F)cc2)C1. The number of fused-ring (bicyclic) bond motifs is 1. The van der Waals surface area contributed by atoms with Crippen LogP contribution in [0.25, 0.3) is 11.3 Å². The summed E-state index contributed by atoms with van der Waals surface area (Å²) in [5, 5.41) is 3.29. The largest absolute Gasteiger partial charge is 0.340 e. The van der Waals surface area contributed by atoms with Crippen molar-refractivity contribution in [2.75, 3.05) is 11.9 Å². The number of anilines is 2. The fourth-order valence-electron chi connectivity index (χ4n) is 4.25. The molecule has 2 heterocycles. The van der Waals surface area contributed by atoms with Gasteiger partial charge < -0.3 is 14.8 Å². The smallest absolute Gasteiger partial charge is 0.223 e. The molecule has 0 saturated carbocycles. The first-order valence-corrected chi connectivity index (χ1v) is 11.5. The van der Waals surface area contributed by atoms with E-state index in [0.717, 1.165) is 12.1 Å². The summed E-state index contributed by atoms with van der Waals surface area (Å²) in [5.74, 6) is -1.39. The van der Waals surface area contributed by atoms with E-state index in [1.807, 2.05) is 4.57 Å². The van der Waals surface area contributed by atoms with Crippen LogP contribution < -0.4 is 5.32 Å². The molecular weight excluding hydrogens is 472 g/mol. The van der Waals surface area contributed by atoms with Crippen molar-refractivity contribution in [1.29, 1.82) is 0 Å². The van der Waals surface area contributed by atoms with E-state index in [0.29, 0.717) is 53.7 Å². The number of hydrogen-bond acceptors (Lipinski definition) is 3. The Morgan fingerprint density at radius 2 is 1.56 bits per heavy atom. The molecule has 5 nitrogen and oxygen atoms in total. The molecule has 36 heavy (non-hydrogen) atoms. The summed E-state index contributed by atoms with van der Waals surface area (Å²) in [7, 11) is 0. The molecule has 4 aromatic rings. The highest BCUT2D eigenvalue weighted by Crippen LogP contribution is 2.33. The van der Waals surface area contributed by atoms with Crippen LogP contribution in [0.1, 0.15) is 17.8 Å². The van der Waals surface area contributed by atoms with E-state index in [1.165, 1.54) is 30.3 Å². The first-order valence-electron chi connectivity index (χ1n) is 11.5. The topological polar surface area (TPSA) is 50.2 Å². The first-order chi connectivity index (χ1) is 17.4. The zero-order valence-electron chi connectivity index (χ0n) is 19.1. The third-order valence-corrected chi connectivity index (χ3v) is 6.16. The van der Waals surface area contributed by atoms with Crippen LogP contribution in [-0.4, -0.2) is 26.9 Å². The van der Waals surface area contributed by atoms with Gasteiger partial charge in [-0.25, -0.2) is 22.5 Å². The van der Waals surface area contributed by atoms with Gasteiger partial charge in [0.15, 0.2) is 11.6 Å². The summed E-state index contributed by atoms with van der Waals surface area (Å²) in [5.41, 5.74) is 2.49. The van der Waals surface area contributed by atoms with E-state index in [1.54, 1.807) is 29.2 Å². The van der Waals surface area contributed by atoms with E-state index in [4.69, 9.17) is 4.98 Å². The molecule has 1 aliphatic heterocycles. The van der Waals surface area contributed by atoms with E-state index < -0.39 is 11.6 Å². The van der Waals surface area contributed by atoms with Crippen LogP contribution in [0.15, 0.2) is 66.7 Å². The predicted molar refractivity (Wildman–Crippen MR) is 127 cm³/mol.